The van der Waals surface area contributed by atoms with Crippen LogP contribution >= 0.6 is 0 Å². The van der Waals surface area contributed by atoms with Gasteiger partial charge in [-0.25, -0.2) is 4.39 Å². The number of rotatable bonds is 2. The van der Waals surface area contributed by atoms with E-state index >= 15 is 0 Å². The van der Waals surface area contributed by atoms with Gasteiger partial charge in [0.2, 0.25) is 0 Å². The highest BCUT2D eigenvalue weighted by Crippen LogP contribution is 2.23. The molecular weight excluding hydrogens is 219 g/mol. The van der Waals surface area contributed by atoms with Gasteiger partial charge < -0.3 is 4.74 Å². The second-order valence-electron chi connectivity index (χ2n) is 4.00. The van der Waals surface area contributed by atoms with Crippen LogP contribution in [0.5, 0.6) is 0 Å². The summed E-state index contributed by atoms with van der Waals surface area (Å²) < 4.78 is 17.7. The Morgan fingerprint density at radius 1 is 1.18 bits per heavy atom. The fourth-order valence-electron chi connectivity index (χ4n) is 1.82. The molecule has 2 rings (SSSR count). The van der Waals surface area contributed by atoms with Gasteiger partial charge in [0, 0.05) is 0 Å². The molecule has 2 aromatic rings. The maximum absolute atomic E-state index is 13.0. The van der Waals surface area contributed by atoms with Crippen molar-refractivity contribution in [2.24, 2.45) is 0 Å². The fraction of sp³-hybridized carbons (Fsp3) is 0.214. The lowest BCUT2D eigenvalue weighted by Gasteiger charge is -2.10. The van der Waals surface area contributed by atoms with Crippen LogP contribution in [0.3, 0.4) is 0 Å². The number of carbonyl (C=O) groups is 1. The number of ether oxygens (including phenoxy) is 1. The maximum atomic E-state index is 13.0. The zero-order valence-electron chi connectivity index (χ0n) is 9.74. The molecule has 0 N–H and O–H groups in total. The Morgan fingerprint density at radius 3 is 2.53 bits per heavy atom. The molecular formula is C14H13FO2. The Morgan fingerprint density at radius 2 is 1.82 bits per heavy atom. The summed E-state index contributed by atoms with van der Waals surface area (Å²) in [5.41, 5.74) is 0.871. The van der Waals surface area contributed by atoms with E-state index in [4.69, 9.17) is 4.74 Å². The Kier molecular flexibility index (Phi) is 3.09. The SMILES string of the molecule is COC(=O)C(C)c1ccc2cc(F)ccc2c1. The van der Waals surface area contributed by atoms with E-state index in [2.05, 4.69) is 0 Å². The third-order valence-electron chi connectivity index (χ3n) is 2.88. The molecule has 0 radical (unpaired) electrons. The van der Waals surface area contributed by atoms with Gasteiger partial charge in [-0.15, -0.1) is 0 Å². The van der Waals surface area contributed by atoms with Crippen LogP contribution in [-0.4, -0.2) is 13.1 Å². The minimum atomic E-state index is -0.311. The van der Waals surface area contributed by atoms with E-state index in [0.717, 1.165) is 16.3 Å². The van der Waals surface area contributed by atoms with Gasteiger partial charge in [-0.1, -0.05) is 24.3 Å². The first-order valence-corrected chi connectivity index (χ1v) is 5.39. The summed E-state index contributed by atoms with van der Waals surface area (Å²) in [7, 11) is 1.37. The van der Waals surface area contributed by atoms with Crippen LogP contribution < -0.4 is 0 Å². The van der Waals surface area contributed by atoms with Gasteiger partial charge in [-0.3, -0.25) is 4.79 Å². The summed E-state index contributed by atoms with van der Waals surface area (Å²) in [5.74, 6) is -0.841. The number of halogens is 1. The van der Waals surface area contributed by atoms with Gasteiger partial charge in [-0.05, 0) is 35.4 Å². The minimum absolute atomic E-state index is 0.258. The topological polar surface area (TPSA) is 26.3 Å². The highest BCUT2D eigenvalue weighted by molar-refractivity contribution is 5.85. The molecule has 0 aromatic heterocycles. The predicted octanol–water partition coefficient (Wildman–Crippen LogP) is 3.26. The van der Waals surface area contributed by atoms with Crippen molar-refractivity contribution in [3.05, 3.63) is 47.8 Å². The van der Waals surface area contributed by atoms with E-state index in [0.29, 0.717) is 0 Å². The standard InChI is InChI=1S/C14H13FO2/c1-9(14(16)17-2)10-3-4-12-8-13(15)6-5-11(12)7-10/h3-9H,1-2H3. The Hall–Kier alpha value is -1.90. The Labute approximate surface area is 99.0 Å². The third kappa shape index (κ3) is 2.28. The van der Waals surface area contributed by atoms with Crippen molar-refractivity contribution in [3.8, 4) is 0 Å². The van der Waals surface area contributed by atoms with Crippen molar-refractivity contribution in [1.82, 2.24) is 0 Å². The predicted molar refractivity (Wildman–Crippen MR) is 64.3 cm³/mol. The summed E-state index contributed by atoms with van der Waals surface area (Å²) in [6, 6.07) is 10.1. The second kappa shape index (κ2) is 4.53. The summed E-state index contributed by atoms with van der Waals surface area (Å²) >= 11 is 0. The van der Waals surface area contributed by atoms with Gasteiger partial charge in [0.15, 0.2) is 0 Å². The summed E-state index contributed by atoms with van der Waals surface area (Å²) in [4.78, 5) is 11.4. The van der Waals surface area contributed by atoms with E-state index in [1.807, 2.05) is 18.2 Å². The molecule has 0 heterocycles. The average molecular weight is 232 g/mol. The smallest absolute Gasteiger partial charge is 0.312 e. The van der Waals surface area contributed by atoms with Crippen LogP contribution in [0.1, 0.15) is 18.4 Å². The van der Waals surface area contributed by atoms with Crippen molar-refractivity contribution in [3.63, 3.8) is 0 Å². The normalized spacial score (nSPS) is 12.4. The van der Waals surface area contributed by atoms with Crippen LogP contribution in [0, 0.1) is 5.82 Å². The van der Waals surface area contributed by atoms with E-state index in [9.17, 15) is 9.18 Å². The average Bonchev–Trinajstić information content (AvgIpc) is 2.36. The monoisotopic (exact) mass is 232 g/mol. The first kappa shape index (κ1) is 11.6. The zero-order valence-corrected chi connectivity index (χ0v) is 9.74. The van der Waals surface area contributed by atoms with Crippen molar-refractivity contribution in [2.45, 2.75) is 12.8 Å². The lowest BCUT2D eigenvalue weighted by atomic mass is 9.98. The molecule has 0 bridgehead atoms. The van der Waals surface area contributed by atoms with Gasteiger partial charge in [0.1, 0.15) is 5.82 Å². The molecule has 2 nitrogen and oxygen atoms in total. The van der Waals surface area contributed by atoms with Gasteiger partial charge >= 0.3 is 5.97 Å². The molecule has 0 spiro atoms. The highest BCUT2D eigenvalue weighted by Gasteiger charge is 2.15. The van der Waals surface area contributed by atoms with Crippen LogP contribution in [0.2, 0.25) is 0 Å². The van der Waals surface area contributed by atoms with Crippen molar-refractivity contribution in [1.29, 1.82) is 0 Å². The molecule has 3 heteroatoms. The maximum Gasteiger partial charge on any atom is 0.312 e. The molecule has 1 unspecified atom stereocenters. The number of hydrogen-bond acceptors (Lipinski definition) is 2. The molecule has 0 saturated heterocycles. The van der Waals surface area contributed by atoms with Crippen LogP contribution in [0.25, 0.3) is 10.8 Å². The van der Waals surface area contributed by atoms with E-state index in [1.165, 1.54) is 19.2 Å². The summed E-state index contributed by atoms with van der Waals surface area (Å²) in [5, 5.41) is 1.74. The first-order valence-electron chi connectivity index (χ1n) is 5.39. The van der Waals surface area contributed by atoms with Crippen LogP contribution in [0.4, 0.5) is 4.39 Å². The molecule has 88 valence electrons. The number of esters is 1. The molecule has 17 heavy (non-hydrogen) atoms. The number of carbonyl (C=O) groups excluding carboxylic acids is 1. The molecule has 0 amide bonds. The number of methoxy groups -OCH3 is 1. The third-order valence-corrected chi connectivity index (χ3v) is 2.88. The molecule has 0 fully saturated rings. The molecule has 0 aliphatic heterocycles. The molecule has 1 atom stereocenters. The van der Waals surface area contributed by atoms with E-state index in [-0.39, 0.29) is 17.7 Å². The van der Waals surface area contributed by atoms with Crippen molar-refractivity contribution < 1.29 is 13.9 Å². The second-order valence-corrected chi connectivity index (χ2v) is 4.00. The van der Waals surface area contributed by atoms with Crippen LogP contribution in [0.15, 0.2) is 36.4 Å². The fourth-order valence-corrected chi connectivity index (χ4v) is 1.82. The number of benzene rings is 2. The summed E-state index contributed by atoms with van der Waals surface area (Å²) in [6.45, 7) is 1.79. The Balaban J connectivity index is 2.44. The first-order chi connectivity index (χ1) is 8.11. The summed E-state index contributed by atoms with van der Waals surface area (Å²) in [6.07, 6.45) is 0. The lowest BCUT2D eigenvalue weighted by Crippen LogP contribution is -2.10. The van der Waals surface area contributed by atoms with Gasteiger partial charge in [-0.2, -0.15) is 0 Å². The quantitative estimate of drug-likeness (QED) is 0.743. The number of fused-ring (bicyclic) bond motifs is 1. The van der Waals surface area contributed by atoms with E-state index in [1.54, 1.807) is 13.0 Å². The minimum Gasteiger partial charge on any atom is -0.469 e. The molecule has 0 aliphatic carbocycles. The van der Waals surface area contributed by atoms with Gasteiger partial charge in [0.25, 0.3) is 0 Å². The largest absolute Gasteiger partial charge is 0.469 e. The molecule has 0 saturated carbocycles. The van der Waals surface area contributed by atoms with Gasteiger partial charge in [0.05, 0.1) is 13.0 Å². The van der Waals surface area contributed by atoms with Crippen molar-refractivity contribution in [2.75, 3.05) is 7.11 Å². The van der Waals surface area contributed by atoms with E-state index < -0.39 is 0 Å². The molecule has 2 aromatic carbocycles. The lowest BCUT2D eigenvalue weighted by molar-refractivity contribution is -0.141. The Bertz CT molecular complexity index is 563. The highest BCUT2D eigenvalue weighted by atomic mass is 19.1. The number of hydrogen-bond donors (Lipinski definition) is 0. The molecule has 0 aliphatic rings. The van der Waals surface area contributed by atoms with Crippen LogP contribution in [-0.2, 0) is 9.53 Å². The van der Waals surface area contributed by atoms with Crippen molar-refractivity contribution >= 4 is 16.7 Å². The zero-order chi connectivity index (χ0) is 12.4.